The van der Waals surface area contributed by atoms with E-state index < -0.39 is 11.5 Å². The molecule has 1 saturated carbocycles. The highest BCUT2D eigenvalue weighted by Gasteiger charge is 2.37. The lowest BCUT2D eigenvalue weighted by Gasteiger charge is -2.32. The first kappa shape index (κ1) is 12.5. The average Bonchev–Trinajstić information content (AvgIpc) is 2.16. The third-order valence-electron chi connectivity index (χ3n) is 3.22. The highest BCUT2D eigenvalue weighted by atomic mass is 16.4. The number of rotatable bonds is 4. The summed E-state index contributed by atoms with van der Waals surface area (Å²) in [4.78, 5) is 11.3. The second-order valence-electron chi connectivity index (χ2n) is 4.37. The Morgan fingerprint density at radius 2 is 1.73 bits per heavy atom. The largest absolute Gasteiger partial charge is 0.480 e. The van der Waals surface area contributed by atoms with Gasteiger partial charge in [-0.2, -0.15) is 0 Å². The Bertz CT molecular complexity index is 193. The van der Waals surface area contributed by atoms with E-state index in [0.717, 1.165) is 38.5 Å². The molecule has 0 bridgehead atoms. The van der Waals surface area contributed by atoms with Crippen LogP contribution in [-0.2, 0) is 4.79 Å². The first-order chi connectivity index (χ1) is 7.21. The molecule has 4 heteroatoms. The van der Waals surface area contributed by atoms with Gasteiger partial charge in [0.15, 0.2) is 0 Å². The standard InChI is InChI=1S/C11H22N2O2/c12-8-9-13-11(10(14)15)6-4-2-1-3-5-7-11/h13H,1-9,12H2,(H,14,15). The van der Waals surface area contributed by atoms with Crippen molar-refractivity contribution in [3.63, 3.8) is 0 Å². The smallest absolute Gasteiger partial charge is 0.323 e. The molecule has 88 valence electrons. The van der Waals surface area contributed by atoms with E-state index in [9.17, 15) is 9.90 Å². The summed E-state index contributed by atoms with van der Waals surface area (Å²) >= 11 is 0. The molecule has 0 heterocycles. The fourth-order valence-corrected chi connectivity index (χ4v) is 2.29. The van der Waals surface area contributed by atoms with Gasteiger partial charge in [-0.1, -0.05) is 32.1 Å². The second-order valence-corrected chi connectivity index (χ2v) is 4.37. The van der Waals surface area contributed by atoms with Gasteiger partial charge in [0.25, 0.3) is 0 Å². The summed E-state index contributed by atoms with van der Waals surface area (Å²) < 4.78 is 0. The minimum absolute atomic E-state index is 0.495. The molecule has 4 nitrogen and oxygen atoms in total. The van der Waals surface area contributed by atoms with E-state index in [1.54, 1.807) is 0 Å². The van der Waals surface area contributed by atoms with Crippen LogP contribution in [0.5, 0.6) is 0 Å². The summed E-state index contributed by atoms with van der Waals surface area (Å²) in [7, 11) is 0. The first-order valence-corrected chi connectivity index (χ1v) is 5.90. The lowest BCUT2D eigenvalue weighted by molar-refractivity contribution is -0.145. The van der Waals surface area contributed by atoms with Gasteiger partial charge in [0, 0.05) is 13.1 Å². The number of nitrogens with two attached hydrogens (primary N) is 1. The third-order valence-corrected chi connectivity index (χ3v) is 3.22. The molecule has 0 atom stereocenters. The van der Waals surface area contributed by atoms with Crippen molar-refractivity contribution in [2.24, 2.45) is 5.73 Å². The van der Waals surface area contributed by atoms with Crippen LogP contribution in [0.1, 0.15) is 44.9 Å². The summed E-state index contributed by atoms with van der Waals surface area (Å²) in [6.45, 7) is 1.08. The first-order valence-electron chi connectivity index (χ1n) is 5.90. The highest BCUT2D eigenvalue weighted by Crippen LogP contribution is 2.26. The third kappa shape index (κ3) is 3.47. The molecule has 1 fully saturated rings. The Morgan fingerprint density at radius 3 is 2.20 bits per heavy atom. The molecule has 1 rings (SSSR count). The van der Waals surface area contributed by atoms with Crippen LogP contribution in [0.4, 0.5) is 0 Å². The zero-order valence-electron chi connectivity index (χ0n) is 9.30. The number of nitrogens with one attached hydrogen (secondary N) is 1. The predicted molar refractivity (Wildman–Crippen MR) is 59.7 cm³/mol. The zero-order valence-corrected chi connectivity index (χ0v) is 9.30. The molecule has 0 amide bonds. The van der Waals surface area contributed by atoms with Crippen molar-refractivity contribution in [1.29, 1.82) is 0 Å². The number of carbonyl (C=O) groups is 1. The monoisotopic (exact) mass is 214 g/mol. The molecule has 1 aliphatic rings. The Hall–Kier alpha value is -0.610. The zero-order chi connectivity index (χ0) is 11.1. The Morgan fingerprint density at radius 1 is 1.20 bits per heavy atom. The van der Waals surface area contributed by atoms with E-state index in [-0.39, 0.29) is 0 Å². The Kier molecular flexibility index (Phi) is 5.05. The van der Waals surface area contributed by atoms with Crippen LogP contribution in [0.15, 0.2) is 0 Å². The molecule has 0 saturated heterocycles. The topological polar surface area (TPSA) is 75.3 Å². The van der Waals surface area contributed by atoms with Crippen LogP contribution in [-0.4, -0.2) is 29.7 Å². The lowest BCUT2D eigenvalue weighted by atomic mass is 9.84. The van der Waals surface area contributed by atoms with E-state index in [1.807, 2.05) is 0 Å². The van der Waals surface area contributed by atoms with Gasteiger partial charge in [-0.3, -0.25) is 4.79 Å². The van der Waals surface area contributed by atoms with Gasteiger partial charge in [0.05, 0.1) is 0 Å². The van der Waals surface area contributed by atoms with E-state index in [4.69, 9.17) is 5.73 Å². The van der Waals surface area contributed by atoms with Crippen LogP contribution >= 0.6 is 0 Å². The van der Waals surface area contributed by atoms with Crippen molar-refractivity contribution >= 4 is 5.97 Å². The molecule has 0 aromatic carbocycles. The lowest BCUT2D eigenvalue weighted by Crippen LogP contribution is -2.53. The van der Waals surface area contributed by atoms with Crippen LogP contribution < -0.4 is 11.1 Å². The number of aliphatic carboxylic acids is 1. The van der Waals surface area contributed by atoms with Crippen LogP contribution in [0.25, 0.3) is 0 Å². The highest BCUT2D eigenvalue weighted by molar-refractivity contribution is 5.78. The normalized spacial score (nSPS) is 21.7. The number of hydrogen-bond acceptors (Lipinski definition) is 3. The molecular formula is C11H22N2O2. The molecule has 0 unspecified atom stereocenters. The van der Waals surface area contributed by atoms with Crippen LogP contribution in [0.2, 0.25) is 0 Å². The van der Waals surface area contributed by atoms with Gasteiger partial charge < -0.3 is 16.2 Å². The second kappa shape index (κ2) is 6.08. The van der Waals surface area contributed by atoms with Crippen molar-refractivity contribution < 1.29 is 9.90 Å². The molecule has 0 aromatic heterocycles. The molecule has 1 aliphatic carbocycles. The van der Waals surface area contributed by atoms with Gasteiger partial charge in [0.1, 0.15) is 5.54 Å². The number of carboxylic acid groups (broad SMARTS) is 1. The molecule has 0 aliphatic heterocycles. The van der Waals surface area contributed by atoms with Crippen molar-refractivity contribution in [2.75, 3.05) is 13.1 Å². The van der Waals surface area contributed by atoms with E-state index in [2.05, 4.69) is 5.32 Å². The molecule has 15 heavy (non-hydrogen) atoms. The van der Waals surface area contributed by atoms with E-state index in [0.29, 0.717) is 13.1 Å². The SMILES string of the molecule is NCCNC1(C(=O)O)CCCCCCC1. The van der Waals surface area contributed by atoms with Crippen molar-refractivity contribution in [3.8, 4) is 0 Å². The maximum absolute atomic E-state index is 11.3. The minimum atomic E-state index is -0.710. The maximum Gasteiger partial charge on any atom is 0.323 e. The van der Waals surface area contributed by atoms with Crippen LogP contribution in [0, 0.1) is 0 Å². The summed E-state index contributed by atoms with van der Waals surface area (Å²) in [5.41, 5.74) is 4.71. The quantitative estimate of drug-likeness (QED) is 0.655. The van der Waals surface area contributed by atoms with Gasteiger partial charge >= 0.3 is 5.97 Å². The van der Waals surface area contributed by atoms with Crippen LogP contribution in [0.3, 0.4) is 0 Å². The Balaban J connectivity index is 2.62. The van der Waals surface area contributed by atoms with Gasteiger partial charge in [0.2, 0.25) is 0 Å². The van der Waals surface area contributed by atoms with Gasteiger partial charge in [-0.15, -0.1) is 0 Å². The fourth-order valence-electron chi connectivity index (χ4n) is 2.29. The van der Waals surface area contributed by atoms with Crippen molar-refractivity contribution in [1.82, 2.24) is 5.32 Å². The summed E-state index contributed by atoms with van der Waals surface area (Å²) in [6.07, 6.45) is 7.03. The van der Waals surface area contributed by atoms with Gasteiger partial charge in [-0.25, -0.2) is 0 Å². The fraction of sp³-hybridized carbons (Fsp3) is 0.909. The Labute approximate surface area is 91.2 Å². The molecule has 0 aromatic rings. The molecule has 0 spiro atoms. The van der Waals surface area contributed by atoms with E-state index >= 15 is 0 Å². The summed E-state index contributed by atoms with van der Waals surface area (Å²) in [5.74, 6) is -0.710. The van der Waals surface area contributed by atoms with Crippen molar-refractivity contribution in [3.05, 3.63) is 0 Å². The maximum atomic E-state index is 11.3. The number of hydrogen-bond donors (Lipinski definition) is 3. The summed E-state index contributed by atoms with van der Waals surface area (Å²) in [5, 5.41) is 12.5. The minimum Gasteiger partial charge on any atom is -0.480 e. The predicted octanol–water partition coefficient (Wildman–Crippen LogP) is 1.10. The van der Waals surface area contributed by atoms with Crippen molar-refractivity contribution in [2.45, 2.75) is 50.5 Å². The average molecular weight is 214 g/mol. The number of carboxylic acids is 1. The van der Waals surface area contributed by atoms with Gasteiger partial charge in [-0.05, 0) is 12.8 Å². The molecular weight excluding hydrogens is 192 g/mol. The molecule has 4 N–H and O–H groups in total. The van der Waals surface area contributed by atoms with E-state index in [1.165, 1.54) is 6.42 Å². The molecule has 0 radical (unpaired) electrons. The summed E-state index contributed by atoms with van der Waals surface area (Å²) in [6, 6.07) is 0.